The Morgan fingerprint density at radius 2 is 2.06 bits per heavy atom. The zero-order chi connectivity index (χ0) is 12.8. The topological polar surface area (TPSA) is 26.3 Å². The highest BCUT2D eigenvalue weighted by Crippen LogP contribution is 2.17. The fraction of sp³-hybridized carbons (Fsp3) is 0.400. The molecule has 0 N–H and O–H groups in total. The summed E-state index contributed by atoms with van der Waals surface area (Å²) in [4.78, 5) is 11.9. The largest absolute Gasteiger partial charge is 0.491 e. The minimum atomic E-state index is 0.121. The quantitative estimate of drug-likeness (QED) is 0.547. The van der Waals surface area contributed by atoms with Gasteiger partial charge in [-0.15, -0.1) is 6.58 Å². The number of hydrogen-bond donors (Lipinski definition) is 0. The molecule has 0 amide bonds. The van der Waals surface area contributed by atoms with Gasteiger partial charge >= 0.3 is 0 Å². The maximum Gasteiger partial charge on any atom is 0.163 e. The molecule has 2 nitrogen and oxygen atoms in total. The number of ketones is 1. The number of Topliss-reactive ketones (excluding diaryl/α,β-unsaturated/α-hetero) is 1. The zero-order valence-electron chi connectivity index (χ0n) is 10.8. The molecule has 0 aliphatic rings. The first kappa shape index (κ1) is 13.5. The predicted octanol–water partition coefficient (Wildman–Crippen LogP) is 4.01. The third-order valence-corrected chi connectivity index (χ3v) is 2.31. The lowest BCUT2D eigenvalue weighted by Gasteiger charge is -2.10. The van der Waals surface area contributed by atoms with Crippen LogP contribution in [0, 0.1) is 0 Å². The highest BCUT2D eigenvalue weighted by atomic mass is 16.5. The molecule has 0 aliphatic heterocycles. The number of hydrogen-bond acceptors (Lipinski definition) is 2. The van der Waals surface area contributed by atoms with Crippen LogP contribution in [0.2, 0.25) is 0 Å². The number of rotatable bonds is 6. The maximum atomic E-state index is 11.9. The molecule has 0 spiro atoms. The SMILES string of the molecule is C=C(C)CCC(=O)c1cccc(OC(C)C)c1. The van der Waals surface area contributed by atoms with Crippen LogP contribution >= 0.6 is 0 Å². The van der Waals surface area contributed by atoms with Crippen LogP contribution in [0.3, 0.4) is 0 Å². The fourth-order valence-corrected chi connectivity index (χ4v) is 1.49. The fourth-order valence-electron chi connectivity index (χ4n) is 1.49. The van der Waals surface area contributed by atoms with E-state index < -0.39 is 0 Å². The minimum absolute atomic E-state index is 0.121. The van der Waals surface area contributed by atoms with Gasteiger partial charge in [-0.3, -0.25) is 4.79 Å². The first-order chi connectivity index (χ1) is 7.99. The van der Waals surface area contributed by atoms with Crippen LogP contribution in [0.4, 0.5) is 0 Å². The Hall–Kier alpha value is -1.57. The van der Waals surface area contributed by atoms with Gasteiger partial charge in [0.25, 0.3) is 0 Å². The lowest BCUT2D eigenvalue weighted by atomic mass is 10.0. The van der Waals surface area contributed by atoms with E-state index in [1.165, 1.54) is 0 Å². The molecule has 0 atom stereocenters. The number of carbonyl (C=O) groups is 1. The van der Waals surface area contributed by atoms with Crippen LogP contribution in [0.25, 0.3) is 0 Å². The molecule has 0 bridgehead atoms. The van der Waals surface area contributed by atoms with Crippen LogP contribution in [-0.2, 0) is 0 Å². The van der Waals surface area contributed by atoms with E-state index in [0.717, 1.165) is 17.7 Å². The molecule has 17 heavy (non-hydrogen) atoms. The summed E-state index contributed by atoms with van der Waals surface area (Å²) in [6.45, 7) is 9.67. The highest BCUT2D eigenvalue weighted by Gasteiger charge is 2.07. The Morgan fingerprint density at radius 3 is 2.65 bits per heavy atom. The molecule has 1 aromatic carbocycles. The summed E-state index contributed by atoms with van der Waals surface area (Å²) in [6.07, 6.45) is 1.38. The summed E-state index contributed by atoms with van der Waals surface area (Å²) in [5.41, 5.74) is 1.75. The summed E-state index contributed by atoms with van der Waals surface area (Å²) in [7, 11) is 0. The lowest BCUT2D eigenvalue weighted by molar-refractivity contribution is 0.0982. The van der Waals surface area contributed by atoms with Gasteiger partial charge in [-0.1, -0.05) is 17.7 Å². The van der Waals surface area contributed by atoms with Crippen molar-refractivity contribution in [2.24, 2.45) is 0 Å². The normalized spacial score (nSPS) is 10.4. The van der Waals surface area contributed by atoms with Gasteiger partial charge in [-0.05, 0) is 39.3 Å². The zero-order valence-corrected chi connectivity index (χ0v) is 10.8. The summed E-state index contributed by atoms with van der Waals surface area (Å²) in [5, 5.41) is 0. The van der Waals surface area contributed by atoms with Crippen molar-refractivity contribution >= 4 is 5.78 Å². The lowest BCUT2D eigenvalue weighted by Crippen LogP contribution is -2.06. The third kappa shape index (κ3) is 4.85. The molecular weight excluding hydrogens is 212 g/mol. The van der Waals surface area contributed by atoms with E-state index in [1.807, 2.05) is 39.0 Å². The van der Waals surface area contributed by atoms with Crippen molar-refractivity contribution in [2.75, 3.05) is 0 Å². The van der Waals surface area contributed by atoms with Crippen molar-refractivity contribution in [1.29, 1.82) is 0 Å². The highest BCUT2D eigenvalue weighted by molar-refractivity contribution is 5.96. The van der Waals surface area contributed by atoms with E-state index in [4.69, 9.17) is 4.74 Å². The van der Waals surface area contributed by atoms with Gasteiger partial charge in [0.15, 0.2) is 5.78 Å². The van der Waals surface area contributed by atoms with E-state index in [1.54, 1.807) is 6.07 Å². The first-order valence-electron chi connectivity index (χ1n) is 5.93. The molecule has 0 unspecified atom stereocenters. The van der Waals surface area contributed by atoms with Crippen molar-refractivity contribution in [1.82, 2.24) is 0 Å². The van der Waals surface area contributed by atoms with Gasteiger partial charge in [-0.2, -0.15) is 0 Å². The predicted molar refractivity (Wildman–Crippen MR) is 70.6 cm³/mol. The van der Waals surface area contributed by atoms with Gasteiger partial charge in [0, 0.05) is 12.0 Å². The average Bonchev–Trinajstić information content (AvgIpc) is 2.25. The Bertz CT molecular complexity index is 405. The second-order valence-electron chi connectivity index (χ2n) is 4.57. The summed E-state index contributed by atoms with van der Waals surface area (Å²) >= 11 is 0. The molecule has 1 aromatic rings. The number of allylic oxidation sites excluding steroid dienone is 1. The summed E-state index contributed by atoms with van der Waals surface area (Å²) < 4.78 is 5.56. The van der Waals surface area contributed by atoms with Crippen LogP contribution in [0.5, 0.6) is 5.75 Å². The smallest absolute Gasteiger partial charge is 0.163 e. The number of ether oxygens (including phenoxy) is 1. The monoisotopic (exact) mass is 232 g/mol. The third-order valence-electron chi connectivity index (χ3n) is 2.31. The van der Waals surface area contributed by atoms with Crippen LogP contribution < -0.4 is 4.74 Å². The van der Waals surface area contributed by atoms with Crippen LogP contribution in [-0.4, -0.2) is 11.9 Å². The Morgan fingerprint density at radius 1 is 1.35 bits per heavy atom. The van der Waals surface area contributed by atoms with Gasteiger partial charge in [0.2, 0.25) is 0 Å². The molecule has 0 saturated carbocycles. The van der Waals surface area contributed by atoms with E-state index in [0.29, 0.717) is 12.0 Å². The minimum Gasteiger partial charge on any atom is -0.491 e. The first-order valence-corrected chi connectivity index (χ1v) is 5.93. The van der Waals surface area contributed by atoms with Gasteiger partial charge < -0.3 is 4.74 Å². The molecular formula is C15H20O2. The van der Waals surface area contributed by atoms with Gasteiger partial charge in [-0.25, -0.2) is 0 Å². The van der Waals surface area contributed by atoms with Gasteiger partial charge in [0.1, 0.15) is 5.75 Å². The Kier molecular flexibility index (Phi) is 4.95. The van der Waals surface area contributed by atoms with E-state index in [-0.39, 0.29) is 11.9 Å². The Labute approximate surface area is 103 Å². The van der Waals surface area contributed by atoms with Gasteiger partial charge in [0.05, 0.1) is 6.10 Å². The molecule has 0 aromatic heterocycles. The molecule has 2 heteroatoms. The average molecular weight is 232 g/mol. The van der Waals surface area contributed by atoms with E-state index >= 15 is 0 Å². The Balaban J connectivity index is 2.70. The molecule has 1 rings (SSSR count). The van der Waals surface area contributed by atoms with Crippen LogP contribution in [0.15, 0.2) is 36.4 Å². The van der Waals surface area contributed by atoms with Crippen LogP contribution in [0.1, 0.15) is 44.0 Å². The summed E-state index contributed by atoms with van der Waals surface area (Å²) in [5.74, 6) is 0.892. The molecule has 0 heterocycles. The van der Waals surface area contributed by atoms with Crippen molar-refractivity contribution in [2.45, 2.75) is 39.7 Å². The summed E-state index contributed by atoms with van der Waals surface area (Å²) in [6, 6.07) is 7.36. The number of benzene rings is 1. The van der Waals surface area contributed by atoms with Crippen molar-refractivity contribution in [3.63, 3.8) is 0 Å². The molecule has 0 radical (unpaired) electrons. The molecule has 0 saturated heterocycles. The molecule has 92 valence electrons. The second kappa shape index (κ2) is 6.24. The standard InChI is InChI=1S/C15H20O2/c1-11(2)8-9-15(16)13-6-5-7-14(10-13)17-12(3)4/h5-7,10,12H,1,8-9H2,2-4H3. The van der Waals surface area contributed by atoms with E-state index in [2.05, 4.69) is 6.58 Å². The number of carbonyl (C=O) groups excluding carboxylic acids is 1. The van der Waals surface area contributed by atoms with Crippen molar-refractivity contribution in [3.05, 3.63) is 42.0 Å². The second-order valence-corrected chi connectivity index (χ2v) is 4.57. The molecule has 0 aliphatic carbocycles. The molecule has 0 fully saturated rings. The van der Waals surface area contributed by atoms with E-state index in [9.17, 15) is 4.79 Å². The van der Waals surface area contributed by atoms with Crippen molar-refractivity contribution in [3.8, 4) is 5.75 Å². The maximum absolute atomic E-state index is 11.9. The van der Waals surface area contributed by atoms with Crippen molar-refractivity contribution < 1.29 is 9.53 Å².